The van der Waals surface area contributed by atoms with Crippen molar-refractivity contribution in [3.05, 3.63) is 55.5 Å². The van der Waals surface area contributed by atoms with E-state index in [4.69, 9.17) is 5.11 Å². The second-order valence-corrected chi connectivity index (χ2v) is 5.23. The Bertz CT molecular complexity index is 684. The predicted octanol–water partition coefficient (Wildman–Crippen LogP) is 2.35. The Morgan fingerprint density at radius 1 is 1.48 bits per heavy atom. The lowest BCUT2D eigenvalue weighted by molar-refractivity contribution is -0.385. The van der Waals surface area contributed by atoms with Crippen molar-refractivity contribution in [2.75, 3.05) is 0 Å². The lowest BCUT2D eigenvalue weighted by atomic mass is 10.1. The van der Waals surface area contributed by atoms with Gasteiger partial charge in [-0.2, -0.15) is 0 Å². The van der Waals surface area contributed by atoms with E-state index in [1.54, 1.807) is 18.4 Å². The zero-order valence-electron chi connectivity index (χ0n) is 11.2. The Labute approximate surface area is 124 Å². The fourth-order valence-electron chi connectivity index (χ4n) is 1.87. The van der Waals surface area contributed by atoms with Crippen LogP contribution in [-0.2, 0) is 13.1 Å². The minimum absolute atomic E-state index is 0.0540. The Morgan fingerprint density at radius 3 is 2.86 bits per heavy atom. The molecule has 8 heteroatoms. The van der Waals surface area contributed by atoms with E-state index < -0.39 is 10.9 Å². The van der Waals surface area contributed by atoms with Gasteiger partial charge in [0.25, 0.3) is 5.69 Å². The number of aromatic nitrogens is 1. The topological polar surface area (TPSA) is 105 Å². The first-order valence-electron chi connectivity index (χ1n) is 6.10. The first kappa shape index (κ1) is 15.1. The Morgan fingerprint density at radius 2 is 2.24 bits per heavy atom. The van der Waals surface area contributed by atoms with Gasteiger partial charge < -0.3 is 10.4 Å². The molecule has 1 heterocycles. The third-order valence-corrected chi connectivity index (χ3v) is 3.85. The van der Waals surface area contributed by atoms with Crippen LogP contribution in [0.15, 0.2) is 23.6 Å². The van der Waals surface area contributed by atoms with Gasteiger partial charge in [0.15, 0.2) is 0 Å². The number of nitro benzene ring substituents is 1. The molecule has 0 bridgehead atoms. The average Bonchev–Trinajstić information content (AvgIpc) is 2.89. The normalized spacial score (nSPS) is 10.5. The van der Waals surface area contributed by atoms with Crippen LogP contribution in [0.1, 0.15) is 26.6 Å². The quantitative estimate of drug-likeness (QED) is 0.627. The van der Waals surface area contributed by atoms with Crippen molar-refractivity contribution in [2.24, 2.45) is 0 Å². The lowest BCUT2D eigenvalue weighted by Gasteiger charge is -2.07. The number of nitro groups is 1. The van der Waals surface area contributed by atoms with Gasteiger partial charge in [0.1, 0.15) is 0 Å². The number of hydrogen-bond donors (Lipinski definition) is 2. The highest BCUT2D eigenvalue weighted by Crippen LogP contribution is 2.21. The zero-order valence-corrected chi connectivity index (χ0v) is 12.0. The fourth-order valence-corrected chi connectivity index (χ4v) is 2.53. The zero-order chi connectivity index (χ0) is 15.4. The number of thiazole rings is 1. The molecule has 0 amide bonds. The summed E-state index contributed by atoms with van der Waals surface area (Å²) in [6.07, 6.45) is 0. The van der Waals surface area contributed by atoms with E-state index in [0.717, 1.165) is 16.9 Å². The molecule has 0 saturated carbocycles. The number of carboxylic acid groups (broad SMARTS) is 1. The number of benzene rings is 1. The molecule has 0 aliphatic carbocycles. The number of rotatable bonds is 6. The summed E-state index contributed by atoms with van der Waals surface area (Å²) in [5.74, 6) is -1.04. The van der Waals surface area contributed by atoms with E-state index in [9.17, 15) is 14.9 Å². The fraction of sp³-hybridized carbons (Fsp3) is 0.231. The van der Waals surface area contributed by atoms with Crippen LogP contribution in [0.25, 0.3) is 0 Å². The van der Waals surface area contributed by atoms with Gasteiger partial charge in [-0.3, -0.25) is 10.1 Å². The van der Waals surface area contributed by atoms with Crippen molar-refractivity contribution in [3.63, 3.8) is 0 Å². The van der Waals surface area contributed by atoms with E-state index in [1.807, 2.05) is 6.07 Å². The Hall–Kier alpha value is -2.32. The molecule has 2 rings (SSSR count). The van der Waals surface area contributed by atoms with Gasteiger partial charge in [-0.05, 0) is 12.5 Å². The summed E-state index contributed by atoms with van der Waals surface area (Å²) in [5.41, 5.74) is 2.19. The molecule has 0 aliphatic heterocycles. The number of hydrogen-bond acceptors (Lipinski definition) is 6. The van der Waals surface area contributed by atoms with Crippen molar-refractivity contribution in [2.45, 2.75) is 20.0 Å². The van der Waals surface area contributed by atoms with Crippen LogP contribution in [0.5, 0.6) is 0 Å². The van der Waals surface area contributed by atoms with Crippen LogP contribution < -0.4 is 5.32 Å². The predicted molar refractivity (Wildman–Crippen MR) is 77.5 cm³/mol. The summed E-state index contributed by atoms with van der Waals surface area (Å²) in [4.78, 5) is 25.1. The monoisotopic (exact) mass is 307 g/mol. The molecule has 1 aromatic heterocycles. The van der Waals surface area contributed by atoms with Gasteiger partial charge in [0.2, 0.25) is 5.01 Å². The molecule has 110 valence electrons. The molecule has 0 radical (unpaired) electrons. The molecule has 7 nitrogen and oxygen atoms in total. The van der Waals surface area contributed by atoms with Gasteiger partial charge in [-0.25, -0.2) is 9.78 Å². The maximum absolute atomic E-state index is 10.9. The second kappa shape index (κ2) is 6.42. The van der Waals surface area contributed by atoms with Crippen LogP contribution in [0.2, 0.25) is 0 Å². The lowest BCUT2D eigenvalue weighted by Crippen LogP contribution is -2.14. The van der Waals surface area contributed by atoms with E-state index >= 15 is 0 Å². The van der Waals surface area contributed by atoms with Gasteiger partial charge in [0, 0.05) is 30.1 Å². The first-order chi connectivity index (χ1) is 9.99. The Balaban J connectivity index is 1.98. The van der Waals surface area contributed by atoms with Crippen LogP contribution >= 0.6 is 11.3 Å². The maximum Gasteiger partial charge on any atom is 0.365 e. The van der Waals surface area contributed by atoms with Gasteiger partial charge >= 0.3 is 5.97 Å². The van der Waals surface area contributed by atoms with Crippen molar-refractivity contribution < 1.29 is 14.8 Å². The van der Waals surface area contributed by atoms with Gasteiger partial charge in [-0.1, -0.05) is 12.1 Å². The summed E-state index contributed by atoms with van der Waals surface area (Å²) >= 11 is 1.07. The smallest absolute Gasteiger partial charge is 0.365 e. The summed E-state index contributed by atoms with van der Waals surface area (Å²) in [5, 5.41) is 24.5. The number of aromatic carboxylic acids is 1. The minimum Gasteiger partial charge on any atom is -0.476 e. The van der Waals surface area contributed by atoms with Crippen LogP contribution in [0.3, 0.4) is 0 Å². The van der Waals surface area contributed by atoms with E-state index in [1.165, 1.54) is 6.07 Å². The van der Waals surface area contributed by atoms with Crippen LogP contribution in [0, 0.1) is 17.0 Å². The summed E-state index contributed by atoms with van der Waals surface area (Å²) in [6, 6.07) is 4.94. The molecule has 0 atom stereocenters. The van der Waals surface area contributed by atoms with Crippen molar-refractivity contribution in [1.29, 1.82) is 0 Å². The number of nitrogens with one attached hydrogen (secondary N) is 1. The number of carbonyl (C=O) groups is 1. The average molecular weight is 307 g/mol. The molecule has 0 fully saturated rings. The van der Waals surface area contributed by atoms with Crippen molar-refractivity contribution in [3.8, 4) is 0 Å². The molecule has 0 unspecified atom stereocenters. The molecule has 0 saturated heterocycles. The summed E-state index contributed by atoms with van der Waals surface area (Å²) in [6.45, 7) is 2.57. The Kier molecular flexibility index (Phi) is 4.61. The van der Waals surface area contributed by atoms with E-state index in [-0.39, 0.29) is 10.7 Å². The molecular formula is C13H13N3O4S. The summed E-state index contributed by atoms with van der Waals surface area (Å²) < 4.78 is 0. The van der Waals surface area contributed by atoms with Gasteiger partial charge in [-0.15, -0.1) is 11.3 Å². The highest BCUT2D eigenvalue weighted by Gasteiger charge is 2.13. The third-order valence-electron chi connectivity index (χ3n) is 2.97. The highest BCUT2D eigenvalue weighted by molar-refractivity contribution is 7.11. The highest BCUT2D eigenvalue weighted by atomic mass is 32.1. The maximum atomic E-state index is 10.9. The molecule has 21 heavy (non-hydrogen) atoms. The minimum atomic E-state index is -1.04. The number of carboxylic acids is 1. The van der Waals surface area contributed by atoms with Crippen molar-refractivity contribution in [1.82, 2.24) is 10.3 Å². The molecule has 2 N–H and O–H groups in total. The second-order valence-electron chi connectivity index (χ2n) is 4.37. The largest absolute Gasteiger partial charge is 0.476 e. The molecule has 0 spiro atoms. The van der Waals surface area contributed by atoms with Crippen molar-refractivity contribution >= 4 is 23.0 Å². The molecule has 1 aromatic carbocycles. The number of nitrogens with zero attached hydrogens (tertiary/aromatic N) is 2. The van der Waals surface area contributed by atoms with Crippen LogP contribution in [-0.4, -0.2) is 21.0 Å². The molecule has 0 aliphatic rings. The van der Waals surface area contributed by atoms with E-state index in [2.05, 4.69) is 10.3 Å². The van der Waals surface area contributed by atoms with Gasteiger partial charge in [0.05, 0.1) is 10.6 Å². The summed E-state index contributed by atoms with van der Waals surface area (Å²) in [7, 11) is 0. The van der Waals surface area contributed by atoms with E-state index in [0.29, 0.717) is 24.3 Å². The SMILES string of the molecule is Cc1c(CNCc2csc(C(=O)O)n2)cccc1[N+](=O)[O-]. The third kappa shape index (κ3) is 3.61. The first-order valence-corrected chi connectivity index (χ1v) is 6.98. The van der Waals surface area contributed by atoms with Crippen LogP contribution in [0.4, 0.5) is 5.69 Å². The standard InChI is InChI=1S/C13H13N3O4S/c1-8-9(3-2-4-11(8)16(19)20)5-14-6-10-7-21-12(15-10)13(17)18/h2-4,7,14H,5-6H2,1H3,(H,17,18). The molecular weight excluding hydrogens is 294 g/mol. The molecule has 2 aromatic rings.